The molecule has 3 rings (SSSR count). The summed E-state index contributed by atoms with van der Waals surface area (Å²) in [6.07, 6.45) is 0.434. The molecule has 1 heterocycles. The lowest BCUT2D eigenvalue weighted by Gasteiger charge is -2.19. The number of aromatic nitrogens is 2. The Labute approximate surface area is 141 Å². The fourth-order valence-corrected chi connectivity index (χ4v) is 2.88. The fraction of sp³-hybridized carbons (Fsp3) is 0.263. The smallest absolute Gasteiger partial charge is 0.221 e. The number of nitrogens with one attached hydrogen (secondary N) is 2. The van der Waals surface area contributed by atoms with Crippen LogP contribution in [-0.4, -0.2) is 29.1 Å². The number of benzene rings is 2. The van der Waals surface area contributed by atoms with Crippen molar-refractivity contribution in [2.45, 2.75) is 12.5 Å². The van der Waals surface area contributed by atoms with Gasteiger partial charge in [-0.05, 0) is 17.7 Å². The van der Waals surface area contributed by atoms with E-state index in [1.54, 1.807) is 7.05 Å². The molecule has 124 valence electrons. The molecule has 0 spiro atoms. The van der Waals surface area contributed by atoms with Crippen molar-refractivity contribution in [2.75, 3.05) is 13.6 Å². The Hall–Kier alpha value is -2.66. The van der Waals surface area contributed by atoms with Crippen LogP contribution in [0.2, 0.25) is 0 Å². The molecule has 1 aromatic heterocycles. The van der Waals surface area contributed by atoms with Crippen LogP contribution >= 0.6 is 0 Å². The summed E-state index contributed by atoms with van der Waals surface area (Å²) in [5.74, 6) is 0.971. The number of imidazole rings is 1. The minimum absolute atomic E-state index is 0.0271. The highest BCUT2D eigenvalue weighted by molar-refractivity contribution is 5.76. The first-order valence-corrected chi connectivity index (χ1v) is 8.11. The molecule has 0 fully saturated rings. The molecule has 24 heavy (non-hydrogen) atoms. The monoisotopic (exact) mass is 322 g/mol. The van der Waals surface area contributed by atoms with Crippen molar-refractivity contribution in [3.8, 4) is 0 Å². The second-order valence-electron chi connectivity index (χ2n) is 5.74. The Balaban J connectivity index is 1.94. The molecule has 2 aromatic carbocycles. The molecular weight excluding hydrogens is 300 g/mol. The molecule has 2 N–H and O–H groups in total. The van der Waals surface area contributed by atoms with Gasteiger partial charge in [0.15, 0.2) is 0 Å². The molecule has 0 saturated carbocycles. The molecule has 0 unspecified atom stereocenters. The van der Waals surface area contributed by atoms with E-state index in [0.29, 0.717) is 13.0 Å². The maximum absolute atomic E-state index is 11.5. The summed E-state index contributed by atoms with van der Waals surface area (Å²) < 4.78 is 2.11. The zero-order chi connectivity index (χ0) is 16.9. The van der Waals surface area contributed by atoms with Crippen molar-refractivity contribution in [1.82, 2.24) is 20.2 Å². The van der Waals surface area contributed by atoms with Gasteiger partial charge in [0.2, 0.25) is 5.91 Å². The van der Waals surface area contributed by atoms with E-state index in [1.165, 1.54) is 0 Å². The molecule has 3 aromatic rings. The van der Waals surface area contributed by atoms with Gasteiger partial charge in [-0.1, -0.05) is 42.5 Å². The lowest BCUT2D eigenvalue weighted by atomic mass is 10.1. The van der Waals surface area contributed by atoms with Gasteiger partial charge in [0.05, 0.1) is 17.1 Å². The second-order valence-corrected chi connectivity index (χ2v) is 5.74. The molecule has 1 atom stereocenters. The normalized spacial score (nSPS) is 12.2. The Morgan fingerprint density at radius 3 is 2.54 bits per heavy atom. The number of para-hydroxylation sites is 2. The summed E-state index contributed by atoms with van der Waals surface area (Å²) in [5.41, 5.74) is 3.21. The van der Waals surface area contributed by atoms with E-state index >= 15 is 0 Å². The Morgan fingerprint density at radius 2 is 1.83 bits per heavy atom. The first-order valence-electron chi connectivity index (χ1n) is 8.11. The summed E-state index contributed by atoms with van der Waals surface area (Å²) in [6, 6.07) is 18.2. The van der Waals surface area contributed by atoms with Crippen LogP contribution in [0, 0.1) is 0 Å². The number of carbonyl (C=O) groups excluding carboxylic acids is 1. The van der Waals surface area contributed by atoms with E-state index in [2.05, 4.69) is 33.4 Å². The van der Waals surface area contributed by atoms with Gasteiger partial charge in [-0.3, -0.25) is 4.79 Å². The summed E-state index contributed by atoms with van der Waals surface area (Å²) in [4.78, 5) is 16.3. The molecule has 0 aliphatic rings. The van der Waals surface area contributed by atoms with E-state index in [-0.39, 0.29) is 11.9 Å². The molecule has 0 saturated heterocycles. The lowest BCUT2D eigenvalue weighted by molar-refractivity contribution is -0.120. The highest BCUT2D eigenvalue weighted by Crippen LogP contribution is 2.24. The van der Waals surface area contributed by atoms with Gasteiger partial charge >= 0.3 is 0 Å². The third kappa shape index (κ3) is 3.31. The van der Waals surface area contributed by atoms with Gasteiger partial charge in [0.25, 0.3) is 0 Å². The van der Waals surface area contributed by atoms with Crippen LogP contribution < -0.4 is 10.6 Å². The summed E-state index contributed by atoms with van der Waals surface area (Å²) in [6.45, 7) is 0.586. The molecule has 0 aliphatic heterocycles. The van der Waals surface area contributed by atoms with Gasteiger partial charge in [-0.25, -0.2) is 4.98 Å². The SMILES string of the molecule is CNC(=O)CCN[C@H](c1ccccc1)c1nc2ccccc2n1C. The van der Waals surface area contributed by atoms with Crippen LogP contribution in [0.25, 0.3) is 11.0 Å². The Kier molecular flexibility index (Phi) is 4.91. The van der Waals surface area contributed by atoms with Crippen LogP contribution in [0.5, 0.6) is 0 Å². The fourth-order valence-electron chi connectivity index (χ4n) is 2.88. The molecule has 0 bridgehead atoms. The van der Waals surface area contributed by atoms with Gasteiger partial charge in [0, 0.05) is 27.1 Å². The minimum atomic E-state index is -0.0618. The topological polar surface area (TPSA) is 59.0 Å². The number of carbonyl (C=O) groups is 1. The molecule has 0 aliphatic carbocycles. The van der Waals surface area contributed by atoms with Gasteiger partial charge in [-0.2, -0.15) is 0 Å². The molecule has 5 nitrogen and oxygen atoms in total. The number of hydrogen-bond donors (Lipinski definition) is 2. The second kappa shape index (κ2) is 7.27. The Morgan fingerprint density at radius 1 is 1.12 bits per heavy atom. The molecular formula is C19H22N4O. The standard InChI is InChI=1S/C19H22N4O/c1-20-17(24)12-13-21-18(14-8-4-3-5-9-14)19-22-15-10-6-7-11-16(15)23(19)2/h3-11,18,21H,12-13H2,1-2H3,(H,20,24)/t18-/m1/s1. The van der Waals surface area contributed by atoms with Crippen molar-refractivity contribution >= 4 is 16.9 Å². The average Bonchev–Trinajstić information content (AvgIpc) is 2.96. The van der Waals surface area contributed by atoms with Crippen LogP contribution in [-0.2, 0) is 11.8 Å². The first kappa shape index (κ1) is 16.2. The maximum Gasteiger partial charge on any atom is 0.221 e. The van der Waals surface area contributed by atoms with Crippen molar-refractivity contribution in [2.24, 2.45) is 7.05 Å². The number of amides is 1. The zero-order valence-corrected chi connectivity index (χ0v) is 14.0. The lowest BCUT2D eigenvalue weighted by Crippen LogP contribution is -2.29. The largest absolute Gasteiger partial charge is 0.359 e. The molecule has 1 amide bonds. The van der Waals surface area contributed by atoms with Crippen LogP contribution in [0.15, 0.2) is 54.6 Å². The van der Waals surface area contributed by atoms with Crippen molar-refractivity contribution < 1.29 is 4.79 Å². The van der Waals surface area contributed by atoms with E-state index in [1.807, 2.05) is 43.4 Å². The van der Waals surface area contributed by atoms with Crippen molar-refractivity contribution in [3.05, 3.63) is 66.0 Å². The quantitative estimate of drug-likeness (QED) is 0.732. The third-order valence-corrected chi connectivity index (χ3v) is 4.19. The van der Waals surface area contributed by atoms with Crippen molar-refractivity contribution in [3.63, 3.8) is 0 Å². The van der Waals surface area contributed by atoms with Gasteiger partial charge in [-0.15, -0.1) is 0 Å². The maximum atomic E-state index is 11.5. The van der Waals surface area contributed by atoms with Gasteiger partial charge in [0.1, 0.15) is 5.82 Å². The highest BCUT2D eigenvalue weighted by atomic mass is 16.1. The average molecular weight is 322 g/mol. The number of fused-ring (bicyclic) bond motifs is 1. The van der Waals surface area contributed by atoms with E-state index in [0.717, 1.165) is 22.4 Å². The summed E-state index contributed by atoms with van der Waals surface area (Å²) in [5, 5.41) is 6.13. The van der Waals surface area contributed by atoms with Crippen LogP contribution in [0.1, 0.15) is 23.9 Å². The predicted molar refractivity (Wildman–Crippen MR) is 95.7 cm³/mol. The van der Waals surface area contributed by atoms with E-state index < -0.39 is 0 Å². The number of hydrogen-bond acceptors (Lipinski definition) is 3. The number of nitrogens with zero attached hydrogens (tertiary/aromatic N) is 2. The number of rotatable bonds is 6. The van der Waals surface area contributed by atoms with E-state index in [4.69, 9.17) is 4.98 Å². The summed E-state index contributed by atoms with van der Waals surface area (Å²) in [7, 11) is 3.68. The molecule has 5 heteroatoms. The minimum Gasteiger partial charge on any atom is -0.359 e. The van der Waals surface area contributed by atoms with Crippen molar-refractivity contribution in [1.29, 1.82) is 0 Å². The predicted octanol–water partition coefficient (Wildman–Crippen LogP) is 2.39. The Bertz CT molecular complexity index is 826. The van der Waals surface area contributed by atoms with E-state index in [9.17, 15) is 4.79 Å². The third-order valence-electron chi connectivity index (χ3n) is 4.19. The number of aryl methyl sites for hydroxylation is 1. The summed E-state index contributed by atoms with van der Waals surface area (Å²) >= 11 is 0. The molecule has 0 radical (unpaired) electrons. The van der Waals surface area contributed by atoms with Gasteiger partial charge < -0.3 is 15.2 Å². The first-order chi connectivity index (χ1) is 11.7. The highest BCUT2D eigenvalue weighted by Gasteiger charge is 2.20. The zero-order valence-electron chi connectivity index (χ0n) is 14.0. The van der Waals surface area contributed by atoms with Crippen LogP contribution in [0.3, 0.4) is 0 Å². The van der Waals surface area contributed by atoms with Crippen LogP contribution in [0.4, 0.5) is 0 Å².